The first-order valence-corrected chi connectivity index (χ1v) is 11.2. The maximum Gasteiger partial charge on any atom is 0.348 e. The summed E-state index contributed by atoms with van der Waals surface area (Å²) in [6.45, 7) is 8.41. The molecular weight excluding hydrogens is 428 g/mol. The zero-order valence-corrected chi connectivity index (χ0v) is 19.4. The van der Waals surface area contributed by atoms with Crippen LogP contribution in [0.15, 0.2) is 84.4 Å². The third-order valence-electron chi connectivity index (χ3n) is 5.62. The standard InChI is InChI=1S/C28H28N2O4/c1-4-33-24-12-13-26-25(17-24)27(22-10-8-21(9-11-22)19(2)3)29-28(32)30(26)18-20-6-5-7-23(16-20)34-15-14-31/h4-13,16-17,19,31H,1,14-15,18H2,2-3H3. The van der Waals surface area contributed by atoms with Crippen LogP contribution in [0.4, 0.5) is 0 Å². The predicted molar refractivity (Wildman–Crippen MR) is 134 cm³/mol. The third-order valence-corrected chi connectivity index (χ3v) is 5.62. The Kier molecular flexibility index (Phi) is 7.09. The Hall–Kier alpha value is -3.90. The molecule has 0 unspecified atom stereocenters. The van der Waals surface area contributed by atoms with Gasteiger partial charge in [-0.3, -0.25) is 4.57 Å². The molecule has 174 valence electrons. The van der Waals surface area contributed by atoms with Crippen LogP contribution >= 0.6 is 0 Å². The second kappa shape index (κ2) is 10.4. The topological polar surface area (TPSA) is 73.6 Å². The lowest BCUT2D eigenvalue weighted by molar-refractivity contribution is 0.201. The molecule has 4 rings (SSSR count). The number of aliphatic hydroxyl groups is 1. The van der Waals surface area contributed by atoms with Gasteiger partial charge in [0.1, 0.15) is 18.1 Å². The number of rotatable bonds is 9. The summed E-state index contributed by atoms with van der Waals surface area (Å²) < 4.78 is 12.7. The molecule has 0 aliphatic heterocycles. The molecule has 0 radical (unpaired) electrons. The second-order valence-corrected chi connectivity index (χ2v) is 8.29. The zero-order chi connectivity index (χ0) is 24.1. The van der Waals surface area contributed by atoms with E-state index in [1.54, 1.807) is 4.57 Å². The summed E-state index contributed by atoms with van der Waals surface area (Å²) in [6, 6.07) is 21.2. The van der Waals surface area contributed by atoms with Crippen LogP contribution in [-0.2, 0) is 6.54 Å². The van der Waals surface area contributed by atoms with Crippen LogP contribution in [0.2, 0.25) is 0 Å². The molecule has 1 N–H and O–H groups in total. The summed E-state index contributed by atoms with van der Waals surface area (Å²) in [5.74, 6) is 1.67. The highest BCUT2D eigenvalue weighted by atomic mass is 16.5. The fraction of sp³-hybridized carbons (Fsp3) is 0.214. The third kappa shape index (κ3) is 5.02. The number of benzene rings is 3. The van der Waals surface area contributed by atoms with E-state index in [-0.39, 0.29) is 18.9 Å². The number of nitrogens with zero attached hydrogens (tertiary/aromatic N) is 2. The summed E-state index contributed by atoms with van der Waals surface area (Å²) in [7, 11) is 0. The molecule has 0 amide bonds. The SMILES string of the molecule is C=COc1ccc2c(c1)c(-c1ccc(C(C)C)cc1)nc(=O)n2Cc1cccc(OCCO)c1. The molecule has 0 saturated carbocycles. The van der Waals surface area contributed by atoms with Crippen LogP contribution in [0.5, 0.6) is 11.5 Å². The van der Waals surface area contributed by atoms with Crippen LogP contribution in [0.3, 0.4) is 0 Å². The molecule has 34 heavy (non-hydrogen) atoms. The number of hydrogen-bond acceptors (Lipinski definition) is 5. The van der Waals surface area contributed by atoms with Crippen molar-refractivity contribution in [3.05, 3.63) is 101 Å². The van der Waals surface area contributed by atoms with Crippen LogP contribution < -0.4 is 15.2 Å². The first-order valence-electron chi connectivity index (χ1n) is 11.2. The van der Waals surface area contributed by atoms with Crippen molar-refractivity contribution >= 4 is 10.9 Å². The lowest BCUT2D eigenvalue weighted by Crippen LogP contribution is -2.24. The molecule has 1 aromatic heterocycles. The smallest absolute Gasteiger partial charge is 0.348 e. The van der Waals surface area contributed by atoms with Crippen LogP contribution in [0.1, 0.15) is 30.9 Å². The summed E-state index contributed by atoms with van der Waals surface area (Å²) in [4.78, 5) is 17.7. The van der Waals surface area contributed by atoms with Gasteiger partial charge in [0.05, 0.1) is 30.6 Å². The monoisotopic (exact) mass is 456 g/mol. The van der Waals surface area contributed by atoms with Crippen molar-refractivity contribution in [3.8, 4) is 22.8 Å². The minimum atomic E-state index is -0.338. The first-order chi connectivity index (χ1) is 16.5. The Morgan fingerprint density at radius 2 is 1.85 bits per heavy atom. The molecule has 0 saturated heterocycles. The van der Waals surface area contributed by atoms with E-state index in [1.165, 1.54) is 11.8 Å². The van der Waals surface area contributed by atoms with Gasteiger partial charge in [0, 0.05) is 10.9 Å². The normalized spacial score (nSPS) is 11.1. The zero-order valence-electron chi connectivity index (χ0n) is 19.4. The van der Waals surface area contributed by atoms with Crippen LogP contribution in [0.25, 0.3) is 22.2 Å². The molecular formula is C28H28N2O4. The number of ether oxygens (including phenoxy) is 2. The van der Waals surface area contributed by atoms with Crippen molar-refractivity contribution in [2.75, 3.05) is 13.2 Å². The van der Waals surface area contributed by atoms with E-state index in [2.05, 4.69) is 37.5 Å². The Morgan fingerprint density at radius 3 is 2.56 bits per heavy atom. The van der Waals surface area contributed by atoms with Gasteiger partial charge in [-0.2, -0.15) is 4.98 Å². The van der Waals surface area contributed by atoms with E-state index in [4.69, 9.17) is 14.6 Å². The van der Waals surface area contributed by atoms with E-state index in [1.807, 2.05) is 54.6 Å². The van der Waals surface area contributed by atoms with Crippen molar-refractivity contribution in [3.63, 3.8) is 0 Å². The Morgan fingerprint density at radius 1 is 1.06 bits per heavy atom. The number of fused-ring (bicyclic) bond motifs is 1. The molecule has 0 aliphatic rings. The Balaban J connectivity index is 1.83. The Labute approximate surface area is 198 Å². The van der Waals surface area contributed by atoms with Crippen LogP contribution in [-0.4, -0.2) is 27.9 Å². The van der Waals surface area contributed by atoms with Gasteiger partial charge < -0.3 is 14.6 Å². The van der Waals surface area contributed by atoms with Crippen molar-refractivity contribution in [1.29, 1.82) is 0 Å². The van der Waals surface area contributed by atoms with E-state index in [0.29, 0.717) is 29.7 Å². The highest BCUT2D eigenvalue weighted by Gasteiger charge is 2.14. The lowest BCUT2D eigenvalue weighted by atomic mass is 9.99. The molecule has 0 aliphatic carbocycles. The molecule has 0 spiro atoms. The van der Waals surface area contributed by atoms with Crippen LogP contribution in [0, 0.1) is 0 Å². The van der Waals surface area contributed by atoms with Gasteiger partial charge in [-0.25, -0.2) is 4.79 Å². The second-order valence-electron chi connectivity index (χ2n) is 8.29. The molecule has 0 bridgehead atoms. The molecule has 6 heteroatoms. The highest BCUT2D eigenvalue weighted by molar-refractivity contribution is 5.93. The van der Waals surface area contributed by atoms with Gasteiger partial charge in [-0.05, 0) is 47.4 Å². The minimum absolute atomic E-state index is 0.0625. The summed E-state index contributed by atoms with van der Waals surface area (Å²) >= 11 is 0. The van der Waals surface area contributed by atoms with E-state index in [9.17, 15) is 4.79 Å². The van der Waals surface area contributed by atoms with E-state index >= 15 is 0 Å². The molecule has 6 nitrogen and oxygen atoms in total. The molecule has 3 aromatic carbocycles. The summed E-state index contributed by atoms with van der Waals surface area (Å²) in [5.41, 5.74) is 4.01. The van der Waals surface area contributed by atoms with Crippen molar-refractivity contribution in [2.24, 2.45) is 0 Å². The molecule has 1 heterocycles. The number of aliphatic hydroxyl groups excluding tert-OH is 1. The van der Waals surface area contributed by atoms with Gasteiger partial charge in [0.15, 0.2) is 0 Å². The van der Waals surface area contributed by atoms with Gasteiger partial charge in [0.2, 0.25) is 0 Å². The van der Waals surface area contributed by atoms with E-state index in [0.717, 1.165) is 22.0 Å². The van der Waals surface area contributed by atoms with Gasteiger partial charge in [-0.15, -0.1) is 0 Å². The van der Waals surface area contributed by atoms with Crippen molar-refractivity contribution < 1.29 is 14.6 Å². The average molecular weight is 457 g/mol. The summed E-state index contributed by atoms with van der Waals surface area (Å²) in [6.07, 6.45) is 1.37. The summed E-state index contributed by atoms with van der Waals surface area (Å²) in [5, 5.41) is 9.82. The Bertz CT molecular complexity index is 1360. The fourth-order valence-electron chi connectivity index (χ4n) is 3.91. The average Bonchev–Trinajstić information content (AvgIpc) is 2.85. The first kappa shape index (κ1) is 23.3. The molecule has 0 fully saturated rings. The maximum absolute atomic E-state index is 13.2. The molecule has 0 atom stereocenters. The van der Waals surface area contributed by atoms with E-state index < -0.39 is 0 Å². The number of aromatic nitrogens is 2. The number of hydrogen-bond donors (Lipinski definition) is 1. The predicted octanol–water partition coefficient (Wildman–Crippen LogP) is 5.13. The molecule has 4 aromatic rings. The van der Waals surface area contributed by atoms with Crippen molar-refractivity contribution in [1.82, 2.24) is 9.55 Å². The highest BCUT2D eigenvalue weighted by Crippen LogP contribution is 2.30. The largest absolute Gasteiger partial charge is 0.491 e. The van der Waals surface area contributed by atoms with Crippen molar-refractivity contribution in [2.45, 2.75) is 26.3 Å². The van der Waals surface area contributed by atoms with Gasteiger partial charge in [0.25, 0.3) is 0 Å². The minimum Gasteiger partial charge on any atom is -0.491 e. The fourth-order valence-corrected chi connectivity index (χ4v) is 3.91. The lowest BCUT2D eigenvalue weighted by Gasteiger charge is -2.15. The van der Waals surface area contributed by atoms with Gasteiger partial charge >= 0.3 is 5.69 Å². The quantitative estimate of drug-likeness (QED) is 0.354. The maximum atomic E-state index is 13.2. The van der Waals surface area contributed by atoms with Gasteiger partial charge in [-0.1, -0.05) is 56.8 Å².